The Labute approximate surface area is 122 Å². The molecule has 1 unspecified atom stereocenters. The number of benzene rings is 1. The molecule has 1 heterocycles. The van der Waals surface area contributed by atoms with Gasteiger partial charge in [-0.25, -0.2) is 0 Å². The fraction of sp³-hybridized carbons (Fsp3) is 0.267. The highest BCUT2D eigenvalue weighted by atomic mass is 35.5. The average Bonchev–Trinajstić information content (AvgIpc) is 2.82. The van der Waals surface area contributed by atoms with E-state index < -0.39 is 0 Å². The smallest absolute Gasteiger partial charge is 0.261 e. The van der Waals surface area contributed by atoms with Gasteiger partial charge in [-0.15, -0.1) is 11.3 Å². The Balaban J connectivity index is 2.13. The van der Waals surface area contributed by atoms with Crippen molar-refractivity contribution < 1.29 is 4.79 Å². The van der Waals surface area contributed by atoms with Crippen LogP contribution in [-0.2, 0) is 0 Å². The monoisotopic (exact) mass is 293 g/mol. The second kappa shape index (κ2) is 6.22. The van der Waals surface area contributed by atoms with Crippen LogP contribution in [0.4, 0.5) is 0 Å². The number of amides is 1. The van der Waals surface area contributed by atoms with Gasteiger partial charge in [-0.2, -0.15) is 0 Å². The minimum Gasteiger partial charge on any atom is -0.345 e. The first-order valence-corrected chi connectivity index (χ1v) is 7.42. The van der Waals surface area contributed by atoms with Gasteiger partial charge in [0.15, 0.2) is 0 Å². The van der Waals surface area contributed by atoms with Crippen molar-refractivity contribution in [2.45, 2.75) is 26.3 Å². The molecule has 0 saturated carbocycles. The number of nitrogens with one attached hydrogen (secondary N) is 1. The van der Waals surface area contributed by atoms with E-state index in [4.69, 9.17) is 11.6 Å². The zero-order valence-electron chi connectivity index (χ0n) is 10.9. The van der Waals surface area contributed by atoms with E-state index in [1.54, 1.807) is 0 Å². The number of halogens is 1. The summed E-state index contributed by atoms with van der Waals surface area (Å²) in [6.45, 7) is 4.04. The third-order valence-corrected chi connectivity index (χ3v) is 4.16. The van der Waals surface area contributed by atoms with Gasteiger partial charge in [0.1, 0.15) is 0 Å². The maximum atomic E-state index is 12.2. The molecule has 2 rings (SSSR count). The fourth-order valence-electron chi connectivity index (χ4n) is 1.93. The minimum atomic E-state index is -0.0232. The lowest BCUT2D eigenvalue weighted by Gasteiger charge is -2.17. The average molecular weight is 294 g/mol. The lowest BCUT2D eigenvalue weighted by Crippen LogP contribution is -2.27. The van der Waals surface area contributed by atoms with Crippen molar-refractivity contribution in [1.29, 1.82) is 0 Å². The number of aryl methyl sites for hydroxylation is 1. The predicted molar refractivity (Wildman–Crippen MR) is 81.0 cm³/mol. The van der Waals surface area contributed by atoms with Crippen LogP contribution >= 0.6 is 22.9 Å². The number of hydrogen-bond donors (Lipinski definition) is 1. The SMILES string of the molecule is CCC(NC(=O)c1ccc(C)s1)c1cccc(Cl)c1. The van der Waals surface area contributed by atoms with Gasteiger partial charge >= 0.3 is 0 Å². The maximum absolute atomic E-state index is 12.2. The summed E-state index contributed by atoms with van der Waals surface area (Å²) >= 11 is 7.50. The summed E-state index contributed by atoms with van der Waals surface area (Å²) in [5, 5.41) is 3.74. The van der Waals surface area contributed by atoms with Crippen molar-refractivity contribution in [3.05, 3.63) is 56.7 Å². The third-order valence-electron chi connectivity index (χ3n) is 2.93. The second-order valence-electron chi connectivity index (χ2n) is 4.40. The highest BCUT2D eigenvalue weighted by Gasteiger charge is 2.15. The van der Waals surface area contributed by atoms with Gasteiger partial charge in [0, 0.05) is 9.90 Å². The maximum Gasteiger partial charge on any atom is 0.261 e. The highest BCUT2D eigenvalue weighted by Crippen LogP contribution is 2.22. The Morgan fingerprint density at radius 2 is 2.16 bits per heavy atom. The molecule has 100 valence electrons. The summed E-state index contributed by atoms with van der Waals surface area (Å²) in [6, 6.07) is 11.4. The van der Waals surface area contributed by atoms with E-state index in [0.717, 1.165) is 21.7 Å². The summed E-state index contributed by atoms with van der Waals surface area (Å²) in [4.78, 5) is 14.0. The molecule has 1 N–H and O–H groups in total. The molecule has 0 bridgehead atoms. The number of rotatable bonds is 4. The van der Waals surface area contributed by atoms with E-state index in [2.05, 4.69) is 5.32 Å². The summed E-state index contributed by atoms with van der Waals surface area (Å²) < 4.78 is 0. The molecule has 0 aliphatic carbocycles. The van der Waals surface area contributed by atoms with Crippen LogP contribution in [0.1, 0.15) is 39.5 Å². The fourth-order valence-corrected chi connectivity index (χ4v) is 2.90. The molecule has 2 aromatic rings. The topological polar surface area (TPSA) is 29.1 Å². The quantitative estimate of drug-likeness (QED) is 0.877. The van der Waals surface area contributed by atoms with Gasteiger partial charge in [-0.3, -0.25) is 4.79 Å². The van der Waals surface area contributed by atoms with Gasteiger partial charge < -0.3 is 5.32 Å². The standard InChI is InChI=1S/C15H16ClNOS/c1-3-13(11-5-4-6-12(16)9-11)17-15(18)14-8-7-10(2)19-14/h4-9,13H,3H2,1-2H3,(H,17,18). The molecule has 1 aromatic carbocycles. The third kappa shape index (κ3) is 3.58. The van der Waals surface area contributed by atoms with E-state index in [-0.39, 0.29) is 11.9 Å². The molecular weight excluding hydrogens is 278 g/mol. The molecule has 0 spiro atoms. The minimum absolute atomic E-state index is 0.00592. The van der Waals surface area contributed by atoms with Gasteiger partial charge in [-0.05, 0) is 43.2 Å². The van der Waals surface area contributed by atoms with Crippen LogP contribution in [-0.4, -0.2) is 5.91 Å². The Kier molecular flexibility index (Phi) is 4.61. The molecule has 0 aliphatic rings. The number of hydrogen-bond acceptors (Lipinski definition) is 2. The molecule has 0 saturated heterocycles. The predicted octanol–water partition coefficient (Wildman–Crippen LogP) is 4.59. The van der Waals surface area contributed by atoms with Crippen LogP contribution in [0, 0.1) is 6.92 Å². The molecule has 4 heteroatoms. The van der Waals surface area contributed by atoms with Gasteiger partial charge in [-0.1, -0.05) is 30.7 Å². The van der Waals surface area contributed by atoms with E-state index in [9.17, 15) is 4.79 Å². The molecule has 1 amide bonds. The molecule has 1 atom stereocenters. The van der Waals surface area contributed by atoms with Gasteiger partial charge in [0.05, 0.1) is 10.9 Å². The van der Waals surface area contributed by atoms with E-state index in [1.165, 1.54) is 11.3 Å². The van der Waals surface area contributed by atoms with E-state index in [1.807, 2.05) is 50.2 Å². The Morgan fingerprint density at radius 3 is 2.74 bits per heavy atom. The van der Waals surface area contributed by atoms with Crippen LogP contribution in [0.25, 0.3) is 0 Å². The van der Waals surface area contributed by atoms with Crippen molar-refractivity contribution in [3.8, 4) is 0 Å². The normalized spacial score (nSPS) is 12.2. The second-order valence-corrected chi connectivity index (χ2v) is 6.12. The van der Waals surface area contributed by atoms with Crippen LogP contribution in [0.2, 0.25) is 5.02 Å². The Morgan fingerprint density at radius 1 is 1.37 bits per heavy atom. The van der Waals surface area contributed by atoms with Crippen molar-refractivity contribution in [2.24, 2.45) is 0 Å². The van der Waals surface area contributed by atoms with Gasteiger partial charge in [0.25, 0.3) is 5.91 Å². The molecule has 0 fully saturated rings. The molecule has 0 radical (unpaired) electrons. The molecule has 2 nitrogen and oxygen atoms in total. The summed E-state index contributed by atoms with van der Waals surface area (Å²) in [6.07, 6.45) is 0.830. The summed E-state index contributed by atoms with van der Waals surface area (Å²) in [5.41, 5.74) is 1.04. The van der Waals surface area contributed by atoms with Crippen LogP contribution in [0.15, 0.2) is 36.4 Å². The Bertz CT molecular complexity index is 579. The lowest BCUT2D eigenvalue weighted by molar-refractivity contribution is 0.0939. The van der Waals surface area contributed by atoms with Crippen LogP contribution in [0.5, 0.6) is 0 Å². The zero-order valence-corrected chi connectivity index (χ0v) is 12.5. The molecule has 19 heavy (non-hydrogen) atoms. The number of thiophene rings is 1. The summed E-state index contributed by atoms with van der Waals surface area (Å²) in [5.74, 6) is -0.0232. The number of carbonyl (C=O) groups excluding carboxylic acids is 1. The largest absolute Gasteiger partial charge is 0.345 e. The van der Waals surface area contributed by atoms with Gasteiger partial charge in [0.2, 0.25) is 0 Å². The van der Waals surface area contributed by atoms with E-state index in [0.29, 0.717) is 5.02 Å². The first kappa shape index (κ1) is 14.1. The van der Waals surface area contributed by atoms with Crippen molar-refractivity contribution in [2.75, 3.05) is 0 Å². The first-order valence-electron chi connectivity index (χ1n) is 6.23. The van der Waals surface area contributed by atoms with Crippen LogP contribution in [0.3, 0.4) is 0 Å². The highest BCUT2D eigenvalue weighted by molar-refractivity contribution is 7.13. The van der Waals surface area contributed by atoms with Crippen LogP contribution < -0.4 is 5.32 Å². The molecule has 1 aromatic heterocycles. The number of carbonyl (C=O) groups is 1. The zero-order chi connectivity index (χ0) is 13.8. The van der Waals surface area contributed by atoms with Crippen molar-refractivity contribution in [1.82, 2.24) is 5.32 Å². The molecular formula is C15H16ClNOS. The lowest BCUT2D eigenvalue weighted by atomic mass is 10.0. The Hall–Kier alpha value is -1.32. The van der Waals surface area contributed by atoms with E-state index >= 15 is 0 Å². The van der Waals surface area contributed by atoms with Crippen molar-refractivity contribution >= 4 is 28.8 Å². The first-order chi connectivity index (χ1) is 9.10. The van der Waals surface area contributed by atoms with Crippen molar-refractivity contribution in [3.63, 3.8) is 0 Å². The molecule has 0 aliphatic heterocycles. The summed E-state index contributed by atoms with van der Waals surface area (Å²) in [7, 11) is 0.